The molecule has 35 heavy (non-hydrogen) atoms. The van der Waals surface area contributed by atoms with Crippen LogP contribution in [0.4, 0.5) is 0 Å². The molecule has 0 bridgehead atoms. The van der Waals surface area contributed by atoms with Gasteiger partial charge in [-0.3, -0.25) is 9.59 Å². The molecule has 0 atom stereocenters. The van der Waals surface area contributed by atoms with Crippen LogP contribution in [0.25, 0.3) is 0 Å². The number of rotatable bonds is 12. The standard InChI is InChI=1S/C31H37O3P/c1-31(2,30(33)34-3)24-16-5-4-9-17-26(32)25-35(27-18-10-6-11-19-27,28-20-12-7-13-21-28)29-22-14-8-15-23-29/h6-8,10-15,18-23,25H,4-5,9,16-17,24H2,1-3H3. The van der Waals surface area contributed by atoms with E-state index >= 15 is 0 Å². The molecule has 0 saturated carbocycles. The molecule has 0 unspecified atom stereocenters. The largest absolute Gasteiger partial charge is 0.469 e. The van der Waals surface area contributed by atoms with Gasteiger partial charge in [-0.25, -0.2) is 0 Å². The van der Waals surface area contributed by atoms with Crippen molar-refractivity contribution in [2.45, 2.75) is 52.4 Å². The summed E-state index contributed by atoms with van der Waals surface area (Å²) in [5, 5.41) is 3.57. The number of ether oxygens (including phenoxy) is 1. The highest BCUT2D eigenvalue weighted by Crippen LogP contribution is 2.43. The lowest BCUT2D eigenvalue weighted by Gasteiger charge is -2.28. The van der Waals surface area contributed by atoms with Gasteiger partial charge in [0.15, 0.2) is 5.78 Å². The highest BCUT2D eigenvalue weighted by molar-refractivity contribution is 7.95. The Balaban J connectivity index is 1.80. The number of esters is 1. The molecule has 3 aromatic rings. The number of benzene rings is 3. The van der Waals surface area contributed by atoms with Gasteiger partial charge in [0, 0.05) is 6.42 Å². The SMILES string of the molecule is COC(=O)C(C)(C)CCCCCCC(=O)C=P(c1ccccc1)(c1ccccc1)c1ccccc1. The van der Waals surface area contributed by atoms with Crippen molar-refractivity contribution in [1.29, 1.82) is 0 Å². The topological polar surface area (TPSA) is 43.4 Å². The predicted octanol–water partition coefficient (Wildman–Crippen LogP) is 5.89. The van der Waals surface area contributed by atoms with Gasteiger partial charge < -0.3 is 4.74 Å². The molecule has 0 aliphatic heterocycles. The van der Waals surface area contributed by atoms with Crippen LogP contribution in [0.5, 0.6) is 0 Å². The third kappa shape index (κ3) is 6.83. The van der Waals surface area contributed by atoms with E-state index in [0.717, 1.165) is 32.1 Å². The Morgan fingerprint density at radius 3 is 1.57 bits per heavy atom. The summed E-state index contributed by atoms with van der Waals surface area (Å²) in [6.45, 7) is 1.62. The number of unbranched alkanes of at least 4 members (excludes halogenated alkanes) is 3. The van der Waals surface area contributed by atoms with E-state index in [1.54, 1.807) is 0 Å². The van der Waals surface area contributed by atoms with Gasteiger partial charge in [-0.15, -0.1) is 0 Å². The van der Waals surface area contributed by atoms with Gasteiger partial charge in [-0.1, -0.05) is 110 Å². The second-order valence-electron chi connectivity index (χ2n) is 9.61. The summed E-state index contributed by atoms with van der Waals surface area (Å²) in [7, 11) is 1.44. The van der Waals surface area contributed by atoms with Crippen molar-refractivity contribution in [1.82, 2.24) is 0 Å². The minimum Gasteiger partial charge on any atom is -0.469 e. The van der Waals surface area contributed by atoms with Gasteiger partial charge in [0.2, 0.25) is 0 Å². The van der Waals surface area contributed by atoms with Crippen molar-refractivity contribution >= 4 is 40.3 Å². The number of hydrogen-bond donors (Lipinski definition) is 0. The molecule has 0 aliphatic carbocycles. The van der Waals surface area contributed by atoms with Crippen LogP contribution in [-0.4, -0.2) is 24.7 Å². The fourth-order valence-electron chi connectivity index (χ4n) is 4.54. The fraction of sp³-hybridized carbons (Fsp3) is 0.323. The summed E-state index contributed by atoms with van der Waals surface area (Å²) in [5.41, 5.74) is -0.455. The van der Waals surface area contributed by atoms with Crippen molar-refractivity contribution in [2.75, 3.05) is 7.11 Å². The number of methoxy groups -OCH3 is 1. The molecule has 3 nitrogen and oxygen atoms in total. The van der Waals surface area contributed by atoms with E-state index in [9.17, 15) is 9.59 Å². The highest BCUT2D eigenvalue weighted by Gasteiger charge is 2.28. The van der Waals surface area contributed by atoms with Gasteiger partial charge in [0.05, 0.1) is 12.5 Å². The Kier molecular flexibility index (Phi) is 9.69. The maximum Gasteiger partial charge on any atom is 0.311 e. The minimum absolute atomic E-state index is 0.162. The third-order valence-corrected chi connectivity index (χ3v) is 10.6. The number of carbonyl (C=O) groups excluding carboxylic acids is 2. The normalized spacial score (nSPS) is 11.6. The first-order valence-electron chi connectivity index (χ1n) is 12.4. The Labute approximate surface area is 210 Å². The van der Waals surface area contributed by atoms with Crippen molar-refractivity contribution < 1.29 is 14.3 Å². The molecular weight excluding hydrogens is 451 g/mol. The van der Waals surface area contributed by atoms with Gasteiger partial charge in [-0.05, 0) is 55.3 Å². The van der Waals surface area contributed by atoms with Crippen LogP contribution in [-0.2, 0) is 14.3 Å². The monoisotopic (exact) mass is 488 g/mol. The van der Waals surface area contributed by atoms with E-state index in [1.807, 2.05) is 37.8 Å². The Morgan fingerprint density at radius 1 is 0.714 bits per heavy atom. The highest BCUT2D eigenvalue weighted by atomic mass is 31.2. The molecule has 0 fully saturated rings. The zero-order valence-corrected chi connectivity index (χ0v) is 22.0. The van der Waals surface area contributed by atoms with Gasteiger partial charge in [0.25, 0.3) is 0 Å². The summed E-state index contributed by atoms with van der Waals surface area (Å²) in [5.74, 6) is 2.07. The van der Waals surface area contributed by atoms with E-state index in [0.29, 0.717) is 6.42 Å². The summed E-state index contributed by atoms with van der Waals surface area (Å²) in [6, 6.07) is 31.4. The molecule has 3 rings (SSSR count). The summed E-state index contributed by atoms with van der Waals surface area (Å²) >= 11 is 0. The minimum atomic E-state index is -2.23. The summed E-state index contributed by atoms with van der Waals surface area (Å²) in [4.78, 5) is 25.3. The maximum absolute atomic E-state index is 13.4. The summed E-state index contributed by atoms with van der Waals surface area (Å²) < 4.78 is 4.90. The van der Waals surface area contributed by atoms with Crippen LogP contribution in [0.15, 0.2) is 91.0 Å². The van der Waals surface area contributed by atoms with E-state index in [4.69, 9.17) is 4.74 Å². The fourth-order valence-corrected chi connectivity index (χ4v) is 8.37. The molecule has 0 radical (unpaired) electrons. The van der Waals surface area contributed by atoms with Crippen LogP contribution in [0.2, 0.25) is 0 Å². The average molecular weight is 489 g/mol. The van der Waals surface area contributed by atoms with Gasteiger partial charge in [0.1, 0.15) is 0 Å². The molecule has 0 aliphatic rings. The van der Waals surface area contributed by atoms with E-state index < -0.39 is 12.3 Å². The lowest BCUT2D eigenvalue weighted by molar-refractivity contribution is -0.151. The van der Waals surface area contributed by atoms with Gasteiger partial charge in [-0.2, -0.15) is 0 Å². The number of carbonyl (C=O) groups is 2. The number of hydrogen-bond acceptors (Lipinski definition) is 3. The molecule has 3 aromatic carbocycles. The molecule has 4 heteroatoms. The Bertz CT molecular complexity index is 1030. The maximum atomic E-state index is 13.4. The molecule has 0 aromatic heterocycles. The zero-order valence-electron chi connectivity index (χ0n) is 21.2. The first-order valence-corrected chi connectivity index (χ1v) is 14.3. The van der Waals surface area contributed by atoms with Crippen molar-refractivity contribution in [3.05, 3.63) is 91.0 Å². The Morgan fingerprint density at radius 2 is 1.14 bits per heavy atom. The molecule has 0 N–H and O–H groups in total. The predicted molar refractivity (Wildman–Crippen MR) is 150 cm³/mol. The molecule has 0 amide bonds. The smallest absolute Gasteiger partial charge is 0.311 e. The van der Waals surface area contributed by atoms with Crippen LogP contribution in [0.3, 0.4) is 0 Å². The van der Waals surface area contributed by atoms with Crippen LogP contribution >= 0.6 is 6.89 Å². The van der Waals surface area contributed by atoms with Crippen molar-refractivity contribution in [3.8, 4) is 0 Å². The summed E-state index contributed by atoms with van der Waals surface area (Å²) in [6.07, 6.45) is 5.12. The van der Waals surface area contributed by atoms with E-state index in [-0.39, 0.29) is 11.8 Å². The average Bonchev–Trinajstić information content (AvgIpc) is 2.90. The number of Topliss-reactive ketones (excluding diaryl/α,β-unsaturated/α-hetero) is 1. The quantitative estimate of drug-likeness (QED) is 0.181. The zero-order chi connectivity index (χ0) is 25.2. The molecular formula is C31H37O3P. The van der Waals surface area contributed by atoms with Crippen molar-refractivity contribution in [2.24, 2.45) is 5.41 Å². The van der Waals surface area contributed by atoms with Crippen LogP contribution < -0.4 is 15.9 Å². The van der Waals surface area contributed by atoms with Crippen LogP contribution in [0, 0.1) is 5.41 Å². The first-order chi connectivity index (χ1) is 16.9. The third-order valence-electron chi connectivity index (χ3n) is 6.54. The Hall–Kier alpha value is -2.90. The molecule has 184 valence electrons. The second kappa shape index (κ2) is 12.7. The molecule has 0 spiro atoms. The second-order valence-corrected chi connectivity index (χ2v) is 12.9. The van der Waals surface area contributed by atoms with Gasteiger partial charge >= 0.3 is 5.97 Å². The molecule has 0 heterocycles. The molecule has 0 saturated heterocycles. The first kappa shape index (κ1) is 26.7. The van der Waals surface area contributed by atoms with E-state index in [2.05, 4.69) is 72.8 Å². The van der Waals surface area contributed by atoms with E-state index in [1.165, 1.54) is 23.0 Å². The van der Waals surface area contributed by atoms with Crippen molar-refractivity contribution in [3.63, 3.8) is 0 Å². The lowest BCUT2D eigenvalue weighted by atomic mass is 9.87. The lowest BCUT2D eigenvalue weighted by Crippen LogP contribution is -2.28. The van der Waals surface area contributed by atoms with Crippen LogP contribution in [0.1, 0.15) is 52.4 Å². The number of ketones is 1.